The largest absolute Gasteiger partial charge is 0.442 e. The molecule has 3 N–H and O–H groups in total. The number of carbonyl (C=O) groups is 1. The zero-order valence-electron chi connectivity index (χ0n) is 15.9. The Labute approximate surface area is 183 Å². The normalized spacial score (nSPS) is 12.2. The highest BCUT2D eigenvalue weighted by molar-refractivity contribution is 7.99. The first-order valence-corrected chi connectivity index (χ1v) is 10.5. The van der Waals surface area contributed by atoms with Crippen LogP contribution in [0.4, 0.5) is 4.79 Å². The van der Waals surface area contributed by atoms with Gasteiger partial charge in [-0.05, 0) is 35.7 Å². The summed E-state index contributed by atoms with van der Waals surface area (Å²) < 4.78 is 4.91. The molecule has 29 heavy (non-hydrogen) atoms. The highest BCUT2D eigenvalue weighted by Gasteiger charge is 2.26. The third kappa shape index (κ3) is 5.65. The topological polar surface area (TPSA) is 93.9 Å². The first-order valence-electron chi connectivity index (χ1n) is 8.88. The van der Waals surface area contributed by atoms with Gasteiger partial charge < -0.3 is 15.5 Å². The fourth-order valence-corrected chi connectivity index (χ4v) is 4.75. The van der Waals surface area contributed by atoms with Crippen molar-refractivity contribution in [3.63, 3.8) is 0 Å². The molecule has 0 bridgehead atoms. The van der Waals surface area contributed by atoms with Crippen molar-refractivity contribution < 1.29 is 9.53 Å². The van der Waals surface area contributed by atoms with Crippen molar-refractivity contribution in [3.8, 4) is 0 Å². The summed E-state index contributed by atoms with van der Waals surface area (Å²) in [6.45, 7) is 4.20. The third-order valence-electron chi connectivity index (χ3n) is 4.16. The van der Waals surface area contributed by atoms with Crippen molar-refractivity contribution in [2.45, 2.75) is 36.3 Å². The highest BCUT2D eigenvalue weighted by atomic mass is 35.5. The number of H-pyrrole nitrogens is 1. The summed E-state index contributed by atoms with van der Waals surface area (Å²) in [6.07, 6.45) is 2.72. The van der Waals surface area contributed by atoms with E-state index in [-0.39, 0.29) is 18.4 Å². The number of aromatic nitrogens is 3. The van der Waals surface area contributed by atoms with E-state index in [1.165, 1.54) is 11.8 Å². The standard InChI is InChI=1S/C20H20Cl2N4O2S/c1-11(2)17(12-4-3-5-24-9-12)18-19(26-16(25-18)10-28-20(23)27)29-15-7-13(21)6-14(22)8-15/h3-9,11,17H,10H2,1-2H3,(H2,23,27)(H,25,26). The lowest BCUT2D eigenvalue weighted by Gasteiger charge is -2.20. The lowest BCUT2D eigenvalue weighted by Crippen LogP contribution is -2.13. The van der Waals surface area contributed by atoms with Crippen molar-refractivity contribution in [1.82, 2.24) is 15.0 Å². The van der Waals surface area contributed by atoms with Crippen LogP contribution in [-0.2, 0) is 11.3 Å². The molecule has 0 aliphatic rings. The molecular formula is C20H20Cl2N4O2S. The number of imidazole rings is 1. The van der Waals surface area contributed by atoms with E-state index in [1.807, 2.05) is 30.5 Å². The molecule has 9 heteroatoms. The van der Waals surface area contributed by atoms with Gasteiger partial charge in [0.2, 0.25) is 0 Å². The summed E-state index contributed by atoms with van der Waals surface area (Å²) in [5.74, 6) is 0.734. The molecule has 0 saturated carbocycles. The monoisotopic (exact) mass is 450 g/mol. The number of primary amides is 1. The van der Waals surface area contributed by atoms with E-state index in [1.54, 1.807) is 12.3 Å². The Morgan fingerprint density at radius 3 is 2.59 bits per heavy atom. The minimum atomic E-state index is -0.855. The molecule has 152 valence electrons. The fourth-order valence-electron chi connectivity index (χ4n) is 3.04. The Kier molecular flexibility index (Phi) is 7.05. The second-order valence-electron chi connectivity index (χ2n) is 6.72. The van der Waals surface area contributed by atoms with Crippen LogP contribution in [0.25, 0.3) is 0 Å². The first-order chi connectivity index (χ1) is 13.8. The summed E-state index contributed by atoms with van der Waals surface area (Å²) in [6, 6.07) is 9.27. The van der Waals surface area contributed by atoms with Gasteiger partial charge in [-0.3, -0.25) is 4.98 Å². The average molecular weight is 451 g/mol. The summed E-state index contributed by atoms with van der Waals surface area (Å²) >= 11 is 13.8. The number of carbonyl (C=O) groups excluding carboxylic acids is 1. The van der Waals surface area contributed by atoms with Crippen molar-refractivity contribution in [2.75, 3.05) is 0 Å². The number of ether oxygens (including phenoxy) is 1. The number of nitrogens with two attached hydrogens (primary N) is 1. The maximum Gasteiger partial charge on any atom is 0.404 e. The molecule has 2 aromatic heterocycles. The number of benzene rings is 1. The van der Waals surface area contributed by atoms with Crippen molar-refractivity contribution >= 4 is 41.1 Å². The van der Waals surface area contributed by atoms with Gasteiger partial charge in [-0.15, -0.1) is 0 Å². The average Bonchev–Trinajstić information content (AvgIpc) is 3.02. The Balaban J connectivity index is 2.04. The third-order valence-corrected chi connectivity index (χ3v) is 5.58. The molecule has 2 heterocycles. The van der Waals surface area contributed by atoms with Crippen molar-refractivity contribution in [1.29, 1.82) is 0 Å². The van der Waals surface area contributed by atoms with Crippen LogP contribution in [0.1, 0.15) is 36.8 Å². The number of amides is 1. The molecule has 0 aliphatic heterocycles. The quantitative estimate of drug-likeness (QED) is 0.485. The zero-order chi connectivity index (χ0) is 21.0. The predicted molar refractivity (Wildman–Crippen MR) is 114 cm³/mol. The van der Waals surface area contributed by atoms with Crippen LogP contribution in [0.3, 0.4) is 0 Å². The van der Waals surface area contributed by atoms with Crippen LogP contribution >= 0.6 is 35.0 Å². The van der Waals surface area contributed by atoms with Gasteiger partial charge in [0.25, 0.3) is 0 Å². The summed E-state index contributed by atoms with van der Waals surface area (Å²) in [5.41, 5.74) is 6.97. The van der Waals surface area contributed by atoms with Gasteiger partial charge in [0, 0.05) is 33.3 Å². The van der Waals surface area contributed by atoms with Crippen LogP contribution in [0.2, 0.25) is 10.0 Å². The van der Waals surface area contributed by atoms with Gasteiger partial charge in [0.15, 0.2) is 6.61 Å². The number of nitrogens with zero attached hydrogens (tertiary/aromatic N) is 2. The molecule has 0 spiro atoms. The molecule has 0 saturated heterocycles. The molecule has 6 nitrogen and oxygen atoms in total. The van der Waals surface area contributed by atoms with E-state index >= 15 is 0 Å². The van der Waals surface area contributed by atoms with Crippen LogP contribution in [0.5, 0.6) is 0 Å². The molecule has 1 aromatic carbocycles. The van der Waals surface area contributed by atoms with E-state index in [0.29, 0.717) is 15.9 Å². The van der Waals surface area contributed by atoms with E-state index in [4.69, 9.17) is 38.7 Å². The van der Waals surface area contributed by atoms with E-state index in [0.717, 1.165) is 21.2 Å². The van der Waals surface area contributed by atoms with Gasteiger partial charge >= 0.3 is 6.09 Å². The van der Waals surface area contributed by atoms with Gasteiger partial charge in [-0.25, -0.2) is 9.78 Å². The molecule has 0 aliphatic carbocycles. The maximum atomic E-state index is 11.0. The highest BCUT2D eigenvalue weighted by Crippen LogP contribution is 2.39. The van der Waals surface area contributed by atoms with Crippen molar-refractivity contribution in [3.05, 3.63) is 69.9 Å². The number of aromatic amines is 1. The molecule has 3 aromatic rings. The number of halogens is 2. The lowest BCUT2D eigenvalue weighted by atomic mass is 9.87. The van der Waals surface area contributed by atoms with Gasteiger partial charge in [-0.1, -0.05) is 54.9 Å². The number of hydrogen-bond acceptors (Lipinski definition) is 5. The SMILES string of the molecule is CC(C)C(c1cccnc1)c1nc(COC(N)=O)[nH]c1Sc1cc(Cl)cc(Cl)c1. The molecule has 1 unspecified atom stereocenters. The molecule has 1 amide bonds. The molecule has 3 rings (SSSR count). The van der Waals surface area contributed by atoms with Crippen LogP contribution in [0, 0.1) is 5.92 Å². The lowest BCUT2D eigenvalue weighted by molar-refractivity contribution is 0.147. The maximum absolute atomic E-state index is 11.0. The number of pyridine rings is 1. The molecular weight excluding hydrogens is 431 g/mol. The molecule has 1 atom stereocenters. The van der Waals surface area contributed by atoms with Crippen LogP contribution < -0.4 is 5.73 Å². The van der Waals surface area contributed by atoms with E-state index < -0.39 is 6.09 Å². The number of rotatable bonds is 7. The minimum absolute atomic E-state index is 0.0144. The summed E-state index contributed by atoms with van der Waals surface area (Å²) in [4.78, 5) is 24.1. The smallest absolute Gasteiger partial charge is 0.404 e. The Bertz CT molecular complexity index is 975. The number of nitrogens with one attached hydrogen (secondary N) is 1. The summed E-state index contributed by atoms with van der Waals surface area (Å²) in [5, 5.41) is 1.91. The van der Waals surface area contributed by atoms with Gasteiger partial charge in [0.05, 0.1) is 5.69 Å². The summed E-state index contributed by atoms with van der Waals surface area (Å²) in [7, 11) is 0. The second-order valence-corrected chi connectivity index (χ2v) is 8.68. The van der Waals surface area contributed by atoms with Gasteiger partial charge in [-0.2, -0.15) is 0 Å². The molecule has 0 radical (unpaired) electrons. The van der Waals surface area contributed by atoms with E-state index in [9.17, 15) is 4.79 Å². The van der Waals surface area contributed by atoms with E-state index in [2.05, 4.69) is 23.8 Å². The Hall–Kier alpha value is -2.22. The second kappa shape index (κ2) is 9.52. The van der Waals surface area contributed by atoms with Crippen LogP contribution in [-0.4, -0.2) is 21.0 Å². The number of hydrogen-bond donors (Lipinski definition) is 2. The van der Waals surface area contributed by atoms with Gasteiger partial charge in [0.1, 0.15) is 10.9 Å². The van der Waals surface area contributed by atoms with Crippen molar-refractivity contribution in [2.24, 2.45) is 11.7 Å². The minimum Gasteiger partial charge on any atom is -0.442 e. The Morgan fingerprint density at radius 1 is 1.28 bits per heavy atom. The fraction of sp³-hybridized carbons (Fsp3) is 0.250. The first kappa shape index (κ1) is 21.5. The Morgan fingerprint density at radius 2 is 2.00 bits per heavy atom. The van der Waals surface area contributed by atoms with Crippen LogP contribution in [0.15, 0.2) is 52.6 Å². The predicted octanol–water partition coefficient (Wildman–Crippen LogP) is 5.65. The molecule has 0 fully saturated rings. The zero-order valence-corrected chi connectivity index (χ0v) is 18.2.